The molecular formula is C50H62N6O6S2+2. The maximum absolute atomic E-state index is 13.2. The lowest BCUT2D eigenvalue weighted by Gasteiger charge is -2.25. The van der Waals surface area contributed by atoms with Gasteiger partial charge >= 0.3 is 11.9 Å². The molecule has 14 heteroatoms. The molecular weight excluding hydrogens is 845 g/mol. The van der Waals surface area contributed by atoms with Crippen LogP contribution in [-0.4, -0.2) is 110 Å². The van der Waals surface area contributed by atoms with E-state index in [4.69, 9.17) is 10.2 Å². The first kappa shape index (κ1) is 49.2. The van der Waals surface area contributed by atoms with Crippen LogP contribution in [0, 0.1) is 0 Å². The molecule has 0 unspecified atom stereocenters. The number of nitrogens with two attached hydrogens (primary N) is 1. The number of hydrogen-bond donors (Lipinski definition) is 5. The summed E-state index contributed by atoms with van der Waals surface area (Å²) in [6.07, 6.45) is 9.12. The third kappa shape index (κ3) is 12.9. The molecule has 0 aliphatic carbocycles. The molecule has 6 N–H and O–H groups in total. The Morgan fingerprint density at radius 2 is 1.23 bits per heavy atom. The lowest BCUT2D eigenvalue weighted by Crippen LogP contribution is -2.73. The second-order valence-electron chi connectivity index (χ2n) is 17.1. The van der Waals surface area contributed by atoms with Crippen LogP contribution in [0.2, 0.25) is 0 Å². The number of nitrogens with one attached hydrogen (secondary N) is 2. The molecule has 0 spiro atoms. The second-order valence-corrected chi connectivity index (χ2v) is 19.8. The molecule has 0 aromatic heterocycles. The molecule has 4 aromatic rings. The van der Waals surface area contributed by atoms with Gasteiger partial charge in [0.25, 0.3) is 11.8 Å². The number of carbonyl (C=O) groups excluding carboxylic acids is 2. The van der Waals surface area contributed by atoms with Gasteiger partial charge in [0, 0.05) is 90.5 Å². The first-order valence-electron chi connectivity index (χ1n) is 21.3. The number of carboxylic acid groups (broad SMARTS) is 2. The van der Waals surface area contributed by atoms with Crippen molar-refractivity contribution in [2.75, 3.05) is 75.7 Å². The van der Waals surface area contributed by atoms with Crippen molar-refractivity contribution in [3.8, 4) is 0 Å². The van der Waals surface area contributed by atoms with E-state index in [2.05, 4.69) is 72.5 Å². The van der Waals surface area contributed by atoms with E-state index < -0.39 is 11.9 Å². The van der Waals surface area contributed by atoms with Crippen LogP contribution in [0.1, 0.15) is 77.1 Å². The molecule has 1 aliphatic heterocycles. The number of amides is 2. The average Bonchev–Trinajstić information content (AvgIpc) is 3.45. The number of likely N-dealkylation sites (N-methyl/N-ethyl adjacent to an activating group) is 2. The number of fused-ring (bicyclic) bond motifs is 1. The zero-order valence-electron chi connectivity index (χ0n) is 38.1. The summed E-state index contributed by atoms with van der Waals surface area (Å²) in [6.45, 7) is 9.58. The standard InChI is InChI=1S/C50H60N6O6S2/c1-49(2,25-9-10-34-11-18-38(19-12-34)54(6)32-45(57)58)40-30-36(16-22-42(40)51-5)47(61)52-26-28-63-64-29-27-53-48(62)37-17-23-43-41(31-37)50(3,4)44(56(43)8)24-15-35-13-20-39(21-14-35)55(7)33-46(59)60/h9-24,30-31H,25-29,32-33H2,1-8H3,(H4-,51,52,53,57,58,59,60,61,62)/p+2/b10-9+. The van der Waals surface area contributed by atoms with E-state index in [1.165, 1.54) is 0 Å². The van der Waals surface area contributed by atoms with Crippen LogP contribution >= 0.6 is 21.6 Å². The fourth-order valence-electron chi connectivity index (χ4n) is 7.79. The summed E-state index contributed by atoms with van der Waals surface area (Å²) in [5.74, 6) is -0.530. The van der Waals surface area contributed by atoms with Crippen molar-refractivity contribution in [2.45, 2.75) is 44.9 Å². The number of allylic oxidation sites excluding steroid dienone is 2. The fraction of sp³-hybridized carbons (Fsp3) is 0.340. The van der Waals surface area contributed by atoms with Crippen LogP contribution in [0.3, 0.4) is 0 Å². The molecule has 0 radical (unpaired) electrons. The van der Waals surface area contributed by atoms with Crippen LogP contribution in [0.4, 0.5) is 22.7 Å². The number of carbonyl (C=O) groups is 4. The van der Waals surface area contributed by atoms with E-state index in [1.807, 2.05) is 99.0 Å². The Hall–Kier alpha value is -5.83. The molecule has 0 atom stereocenters. The predicted octanol–water partition coefficient (Wildman–Crippen LogP) is 7.19. The Bertz CT molecular complexity index is 2380. The minimum absolute atomic E-state index is 0.0611. The molecule has 1 aliphatic rings. The van der Waals surface area contributed by atoms with E-state index in [1.54, 1.807) is 45.5 Å². The van der Waals surface area contributed by atoms with Crippen molar-refractivity contribution in [3.63, 3.8) is 0 Å². The number of nitrogens with zero attached hydrogens (tertiary/aromatic N) is 3. The van der Waals surface area contributed by atoms with Gasteiger partial charge in [-0.25, -0.2) is 0 Å². The van der Waals surface area contributed by atoms with Gasteiger partial charge in [-0.05, 0) is 91.4 Å². The lowest BCUT2D eigenvalue weighted by molar-refractivity contribution is -0.540. The topological polar surface area (TPSA) is 159 Å². The summed E-state index contributed by atoms with van der Waals surface area (Å²) in [5, 5.41) is 26.4. The number of quaternary nitrogens is 1. The highest BCUT2D eigenvalue weighted by Gasteiger charge is 2.43. The minimum atomic E-state index is -0.877. The smallest absolute Gasteiger partial charge is 0.323 e. The number of rotatable bonds is 22. The zero-order valence-corrected chi connectivity index (χ0v) is 39.7. The number of aliphatic carboxylic acids is 2. The fourth-order valence-corrected chi connectivity index (χ4v) is 9.60. The van der Waals surface area contributed by atoms with Crippen molar-refractivity contribution >= 4 is 86.0 Å². The summed E-state index contributed by atoms with van der Waals surface area (Å²) in [5.41, 5.74) is 9.79. The summed E-state index contributed by atoms with van der Waals surface area (Å²) >= 11 is 0. The Morgan fingerprint density at radius 3 is 1.75 bits per heavy atom. The van der Waals surface area contributed by atoms with Crippen LogP contribution in [0.5, 0.6) is 0 Å². The summed E-state index contributed by atoms with van der Waals surface area (Å²) in [6, 6.07) is 27.3. The van der Waals surface area contributed by atoms with Crippen molar-refractivity contribution in [1.82, 2.24) is 10.6 Å². The van der Waals surface area contributed by atoms with E-state index in [9.17, 15) is 19.2 Å². The van der Waals surface area contributed by atoms with Gasteiger partial charge in [-0.3, -0.25) is 19.2 Å². The maximum atomic E-state index is 13.2. The van der Waals surface area contributed by atoms with Gasteiger partial charge in [0.15, 0.2) is 5.71 Å². The zero-order chi connectivity index (χ0) is 46.6. The quantitative estimate of drug-likeness (QED) is 0.0237. The first-order valence-corrected chi connectivity index (χ1v) is 23.8. The first-order chi connectivity index (χ1) is 30.4. The van der Waals surface area contributed by atoms with Gasteiger partial charge in [-0.1, -0.05) is 71.9 Å². The number of anilines is 2. The van der Waals surface area contributed by atoms with E-state index in [0.717, 1.165) is 68.6 Å². The molecule has 64 heavy (non-hydrogen) atoms. The van der Waals surface area contributed by atoms with Gasteiger partial charge in [0.2, 0.25) is 5.69 Å². The van der Waals surface area contributed by atoms with Crippen molar-refractivity contribution in [1.29, 1.82) is 0 Å². The molecule has 0 bridgehead atoms. The number of hydrogen-bond acceptors (Lipinski definition) is 8. The highest BCUT2D eigenvalue weighted by molar-refractivity contribution is 8.76. The van der Waals surface area contributed by atoms with Crippen LogP contribution in [0.25, 0.3) is 12.2 Å². The van der Waals surface area contributed by atoms with E-state index in [0.29, 0.717) is 24.2 Å². The largest absolute Gasteiger partial charge is 0.480 e. The normalized spacial score (nSPS) is 13.3. The SMILES string of the molecule is C[NH2+]c1ccc(C(=O)NCCSSCCNC(=O)c2ccc3c(c2)C(C)(C)C(/C=C/c2ccc(N(C)CC(=O)O)cc2)=[N+]3C)cc1C(C)(C)C/C=C/c1ccc(N(C)CC(=O)O)cc1. The molecule has 2 amide bonds. The second kappa shape index (κ2) is 22.2. The monoisotopic (exact) mass is 906 g/mol. The number of benzene rings is 4. The highest BCUT2D eigenvalue weighted by atomic mass is 33.1. The molecule has 0 saturated carbocycles. The van der Waals surface area contributed by atoms with E-state index in [-0.39, 0.29) is 35.7 Å². The molecule has 338 valence electrons. The van der Waals surface area contributed by atoms with Crippen molar-refractivity contribution < 1.29 is 39.3 Å². The Labute approximate surface area is 385 Å². The maximum Gasteiger partial charge on any atom is 0.323 e. The summed E-state index contributed by atoms with van der Waals surface area (Å²) < 4.78 is 2.16. The Balaban J connectivity index is 1.04. The molecule has 0 saturated heterocycles. The van der Waals surface area contributed by atoms with Crippen LogP contribution < -0.4 is 25.8 Å². The Kier molecular flexibility index (Phi) is 17.1. The lowest BCUT2D eigenvalue weighted by atomic mass is 9.79. The van der Waals surface area contributed by atoms with Crippen molar-refractivity contribution in [3.05, 3.63) is 130 Å². The Morgan fingerprint density at radius 1 is 0.734 bits per heavy atom. The summed E-state index contributed by atoms with van der Waals surface area (Å²) in [4.78, 5) is 52.0. The third-order valence-corrected chi connectivity index (χ3v) is 13.9. The van der Waals surface area contributed by atoms with Crippen molar-refractivity contribution in [2.24, 2.45) is 0 Å². The third-order valence-electron chi connectivity index (χ3n) is 11.5. The van der Waals surface area contributed by atoms with Crippen LogP contribution in [-0.2, 0) is 20.4 Å². The van der Waals surface area contributed by atoms with Gasteiger partial charge in [0.05, 0.1) is 12.5 Å². The van der Waals surface area contributed by atoms with E-state index >= 15 is 0 Å². The molecule has 0 fully saturated rings. The number of carboxylic acids is 2. The highest BCUT2D eigenvalue weighted by Crippen LogP contribution is 2.40. The van der Waals surface area contributed by atoms with Gasteiger partial charge in [0.1, 0.15) is 25.8 Å². The predicted molar refractivity (Wildman–Crippen MR) is 264 cm³/mol. The molecule has 4 aromatic carbocycles. The molecule has 1 heterocycles. The van der Waals surface area contributed by atoms with Gasteiger partial charge in [-0.15, -0.1) is 0 Å². The summed E-state index contributed by atoms with van der Waals surface area (Å²) in [7, 11) is 10.9. The molecule has 5 rings (SSSR count). The van der Waals surface area contributed by atoms with Gasteiger partial charge < -0.3 is 36.0 Å². The molecule has 12 nitrogen and oxygen atoms in total. The average molecular weight is 907 g/mol. The minimum Gasteiger partial charge on any atom is -0.480 e. The van der Waals surface area contributed by atoms with Crippen LogP contribution in [0.15, 0.2) is 97.1 Å². The van der Waals surface area contributed by atoms with Gasteiger partial charge in [-0.2, -0.15) is 4.58 Å².